The highest BCUT2D eigenvalue weighted by Crippen LogP contribution is 2.40. The van der Waals surface area contributed by atoms with Crippen molar-refractivity contribution in [3.63, 3.8) is 0 Å². The van der Waals surface area contributed by atoms with Gasteiger partial charge in [0.25, 0.3) is 0 Å². The Morgan fingerprint density at radius 3 is 2.52 bits per heavy atom. The van der Waals surface area contributed by atoms with Crippen LogP contribution < -0.4 is 14.4 Å². The van der Waals surface area contributed by atoms with Crippen LogP contribution in [0.5, 0.6) is 11.5 Å². The fraction of sp³-hybridized carbons (Fsp3) is 0.478. The second kappa shape index (κ2) is 12.7. The summed E-state index contributed by atoms with van der Waals surface area (Å²) in [6, 6.07) is 16.5. The van der Waals surface area contributed by atoms with Gasteiger partial charge in [0.1, 0.15) is 24.2 Å². The van der Waals surface area contributed by atoms with Gasteiger partial charge in [-0.05, 0) is 49.7 Å². The minimum Gasteiger partial charge on any atom is -0.497 e. The zero-order valence-electron chi connectivity index (χ0n) is 17.8. The number of rotatable bonds is 6. The molecule has 2 aliphatic heterocycles. The maximum Gasteiger partial charge on any atom is 0.133 e. The molecule has 0 aliphatic carbocycles. The summed E-state index contributed by atoms with van der Waals surface area (Å²) in [5.41, 5.74) is 1.32. The van der Waals surface area contributed by atoms with E-state index in [0.717, 1.165) is 62.0 Å². The molecule has 0 aromatic heterocycles. The first-order chi connectivity index (χ1) is 14.2. The highest BCUT2D eigenvalue weighted by Gasteiger charge is 2.27. The summed E-state index contributed by atoms with van der Waals surface area (Å²) in [6.45, 7) is 5.78. The van der Waals surface area contributed by atoms with Crippen molar-refractivity contribution in [3.05, 3.63) is 48.5 Å². The van der Waals surface area contributed by atoms with Crippen molar-refractivity contribution in [2.75, 3.05) is 51.3 Å². The van der Waals surface area contributed by atoms with Crippen molar-refractivity contribution >= 4 is 42.3 Å². The summed E-state index contributed by atoms with van der Waals surface area (Å²) in [5.74, 6) is 1.67. The van der Waals surface area contributed by atoms with Crippen LogP contribution in [-0.4, -0.2) is 67.8 Å². The lowest BCUT2D eigenvalue weighted by molar-refractivity contribution is 0.103. The number of halogens is 2. The zero-order valence-corrected chi connectivity index (χ0v) is 20.3. The molecule has 2 aromatic rings. The molecule has 0 radical (unpaired) electrons. The molecule has 2 unspecified atom stereocenters. The molecule has 2 atom stereocenters. The normalized spacial score (nSPS) is 21.0. The maximum atomic E-state index is 10.5. The van der Waals surface area contributed by atoms with Crippen molar-refractivity contribution in [1.29, 1.82) is 0 Å². The molecule has 1 saturated heterocycles. The van der Waals surface area contributed by atoms with E-state index in [1.807, 2.05) is 18.2 Å². The van der Waals surface area contributed by atoms with Gasteiger partial charge in [0, 0.05) is 37.1 Å². The number of aliphatic hydroxyl groups excluding tert-OH is 1. The van der Waals surface area contributed by atoms with Gasteiger partial charge in [0.05, 0.1) is 12.0 Å². The quantitative estimate of drug-likeness (QED) is 0.654. The van der Waals surface area contributed by atoms with Crippen LogP contribution >= 0.6 is 36.6 Å². The molecule has 0 bridgehead atoms. The van der Waals surface area contributed by atoms with Gasteiger partial charge < -0.3 is 19.5 Å². The lowest BCUT2D eigenvalue weighted by atomic mass is 10.1. The monoisotopic (exact) mass is 486 g/mol. The molecule has 2 heterocycles. The molecule has 172 valence electrons. The molecule has 31 heavy (non-hydrogen) atoms. The number of aliphatic hydroxyl groups is 1. The van der Waals surface area contributed by atoms with E-state index in [0.29, 0.717) is 6.61 Å². The standard InChI is InChI=1S/C23H30N2O3S.2ClH/c1-27-19-9-10-21-23(16-19)29-22(20(26)17-28-21)8-5-11-24-12-14-25(15-13-24)18-6-3-2-4-7-18;;/h2-4,6-7,9-10,16,20,22,26H,5,8,11-15,17H2,1H3;2*1H. The van der Waals surface area contributed by atoms with Gasteiger partial charge in [-0.15, -0.1) is 36.6 Å². The number of thioether (sulfide) groups is 1. The number of piperazine rings is 1. The third-order valence-electron chi connectivity index (χ3n) is 5.72. The van der Waals surface area contributed by atoms with Gasteiger partial charge in [0.2, 0.25) is 0 Å². The number of nitrogens with zero attached hydrogens (tertiary/aromatic N) is 2. The van der Waals surface area contributed by atoms with Crippen molar-refractivity contribution < 1.29 is 14.6 Å². The van der Waals surface area contributed by atoms with Crippen LogP contribution in [0.25, 0.3) is 0 Å². The van der Waals surface area contributed by atoms with Crippen LogP contribution in [0, 0.1) is 0 Å². The molecule has 2 aliphatic rings. The Kier molecular flexibility index (Phi) is 10.6. The van der Waals surface area contributed by atoms with Crippen LogP contribution in [0.3, 0.4) is 0 Å². The van der Waals surface area contributed by atoms with E-state index in [2.05, 4.69) is 40.1 Å². The first-order valence-electron chi connectivity index (χ1n) is 10.4. The van der Waals surface area contributed by atoms with Gasteiger partial charge in [-0.2, -0.15) is 0 Å². The molecule has 1 fully saturated rings. The first kappa shape index (κ1) is 25.9. The summed E-state index contributed by atoms with van der Waals surface area (Å²) in [6.07, 6.45) is 1.61. The highest BCUT2D eigenvalue weighted by atomic mass is 35.5. The molecular weight excluding hydrogens is 455 g/mol. The largest absolute Gasteiger partial charge is 0.497 e. The van der Waals surface area contributed by atoms with Crippen LogP contribution in [-0.2, 0) is 0 Å². The van der Waals surface area contributed by atoms with Crippen LogP contribution in [0.15, 0.2) is 53.4 Å². The number of benzene rings is 2. The number of ether oxygens (including phenoxy) is 2. The predicted octanol–water partition coefficient (Wildman–Crippen LogP) is 4.36. The predicted molar refractivity (Wildman–Crippen MR) is 133 cm³/mol. The van der Waals surface area contributed by atoms with Crippen molar-refractivity contribution in [1.82, 2.24) is 4.90 Å². The van der Waals surface area contributed by atoms with Crippen molar-refractivity contribution in [2.45, 2.75) is 29.1 Å². The summed E-state index contributed by atoms with van der Waals surface area (Å²) in [7, 11) is 1.67. The Labute approximate surface area is 201 Å². The second-order valence-corrected chi connectivity index (χ2v) is 8.93. The van der Waals surface area contributed by atoms with E-state index >= 15 is 0 Å². The topological polar surface area (TPSA) is 45.2 Å². The maximum absolute atomic E-state index is 10.5. The third kappa shape index (κ3) is 6.83. The Bertz CT molecular complexity index is 792. The number of hydrogen-bond donors (Lipinski definition) is 1. The highest BCUT2D eigenvalue weighted by molar-refractivity contribution is 8.00. The third-order valence-corrected chi connectivity index (χ3v) is 7.15. The number of anilines is 1. The SMILES string of the molecule is COc1ccc2c(c1)SC(CCCN1CCN(c3ccccc3)CC1)C(O)CO2.Cl.Cl. The van der Waals surface area contributed by atoms with E-state index in [-0.39, 0.29) is 30.1 Å². The fourth-order valence-corrected chi connectivity index (χ4v) is 5.26. The Morgan fingerprint density at radius 1 is 1.06 bits per heavy atom. The minimum atomic E-state index is -0.451. The van der Waals surface area contributed by atoms with Gasteiger partial charge in [-0.25, -0.2) is 0 Å². The molecule has 5 nitrogen and oxygen atoms in total. The van der Waals surface area contributed by atoms with Crippen LogP contribution in [0.4, 0.5) is 5.69 Å². The lowest BCUT2D eigenvalue weighted by Gasteiger charge is -2.36. The molecule has 0 spiro atoms. The minimum absolute atomic E-state index is 0. The van der Waals surface area contributed by atoms with E-state index in [4.69, 9.17) is 9.47 Å². The van der Waals surface area contributed by atoms with Crippen LogP contribution in [0.2, 0.25) is 0 Å². The number of methoxy groups -OCH3 is 1. The molecule has 0 amide bonds. The van der Waals surface area contributed by atoms with E-state index in [9.17, 15) is 5.11 Å². The first-order valence-corrected chi connectivity index (χ1v) is 11.3. The molecule has 2 aromatic carbocycles. The summed E-state index contributed by atoms with van der Waals surface area (Å²) in [4.78, 5) is 6.06. The molecule has 0 saturated carbocycles. The summed E-state index contributed by atoms with van der Waals surface area (Å²) in [5, 5.41) is 10.7. The number of fused-ring (bicyclic) bond motifs is 1. The fourth-order valence-electron chi connectivity index (χ4n) is 3.99. The summed E-state index contributed by atoms with van der Waals surface area (Å²) >= 11 is 1.72. The average Bonchev–Trinajstić information content (AvgIpc) is 2.93. The molecule has 4 rings (SSSR count). The number of para-hydroxylation sites is 1. The molecule has 1 N–H and O–H groups in total. The van der Waals surface area contributed by atoms with Crippen molar-refractivity contribution in [2.24, 2.45) is 0 Å². The van der Waals surface area contributed by atoms with Gasteiger partial charge in [-0.1, -0.05) is 18.2 Å². The Morgan fingerprint density at radius 2 is 1.81 bits per heavy atom. The van der Waals surface area contributed by atoms with Crippen molar-refractivity contribution in [3.8, 4) is 11.5 Å². The molecular formula is C23H32Cl2N2O3S. The zero-order chi connectivity index (χ0) is 20.1. The van der Waals surface area contributed by atoms with Gasteiger partial charge in [-0.3, -0.25) is 4.90 Å². The van der Waals surface area contributed by atoms with Gasteiger partial charge >= 0.3 is 0 Å². The summed E-state index contributed by atoms with van der Waals surface area (Å²) < 4.78 is 11.1. The van der Waals surface area contributed by atoms with E-state index in [1.165, 1.54) is 5.69 Å². The molecule has 8 heteroatoms. The van der Waals surface area contributed by atoms with E-state index < -0.39 is 6.10 Å². The second-order valence-electron chi connectivity index (χ2n) is 7.65. The van der Waals surface area contributed by atoms with Gasteiger partial charge in [0.15, 0.2) is 0 Å². The van der Waals surface area contributed by atoms with Crippen LogP contribution in [0.1, 0.15) is 12.8 Å². The average molecular weight is 487 g/mol. The lowest BCUT2D eigenvalue weighted by Crippen LogP contribution is -2.46. The smallest absolute Gasteiger partial charge is 0.133 e. The Hall–Kier alpha value is -1.31. The Balaban J connectivity index is 0.00000171. The number of hydrogen-bond acceptors (Lipinski definition) is 6. The van der Waals surface area contributed by atoms with E-state index in [1.54, 1.807) is 18.9 Å².